The van der Waals surface area contributed by atoms with Gasteiger partial charge in [0.1, 0.15) is 12.6 Å². The van der Waals surface area contributed by atoms with E-state index >= 15 is 0 Å². The summed E-state index contributed by atoms with van der Waals surface area (Å²) in [5.74, 6) is -1.09. The van der Waals surface area contributed by atoms with Crippen molar-refractivity contribution < 1.29 is 14.3 Å². The van der Waals surface area contributed by atoms with Crippen LogP contribution >= 0.6 is 11.6 Å². The van der Waals surface area contributed by atoms with Crippen LogP contribution in [0.15, 0.2) is 41.2 Å². The van der Waals surface area contributed by atoms with E-state index in [2.05, 4.69) is 15.2 Å². The molecule has 126 valence electrons. The van der Waals surface area contributed by atoms with Crippen LogP contribution in [0.4, 0.5) is 0 Å². The third-order valence-electron chi connectivity index (χ3n) is 3.23. The van der Waals surface area contributed by atoms with Crippen LogP contribution in [0.3, 0.4) is 0 Å². The first-order valence-electron chi connectivity index (χ1n) is 7.12. The topological polar surface area (TPSA) is 90.3 Å². The molecule has 0 bridgehead atoms. The van der Waals surface area contributed by atoms with Crippen LogP contribution in [-0.2, 0) is 20.9 Å². The lowest BCUT2D eigenvalue weighted by molar-refractivity contribution is -0.144. The van der Waals surface area contributed by atoms with Crippen molar-refractivity contribution in [3.8, 4) is 11.3 Å². The number of halogens is 1. The monoisotopic (exact) mass is 349 g/mol. The molecule has 0 spiro atoms. The fourth-order valence-corrected chi connectivity index (χ4v) is 2.12. The van der Waals surface area contributed by atoms with Crippen molar-refractivity contribution in [1.29, 1.82) is 0 Å². The summed E-state index contributed by atoms with van der Waals surface area (Å²) in [6.07, 6.45) is 0. The molecule has 1 aromatic heterocycles. The summed E-state index contributed by atoms with van der Waals surface area (Å²) in [7, 11) is 1.23. The highest BCUT2D eigenvalue weighted by molar-refractivity contribution is 6.30. The minimum atomic E-state index is -0.808. The van der Waals surface area contributed by atoms with Gasteiger partial charge in [-0.15, -0.1) is 0 Å². The number of carbonyl (C=O) groups excluding carboxylic acids is 2. The molecule has 7 nitrogen and oxygen atoms in total. The van der Waals surface area contributed by atoms with E-state index in [0.717, 1.165) is 10.2 Å². The highest BCUT2D eigenvalue weighted by atomic mass is 35.5. The number of nitrogens with one attached hydrogen (secondary N) is 1. The third-order valence-corrected chi connectivity index (χ3v) is 3.48. The van der Waals surface area contributed by atoms with Gasteiger partial charge >= 0.3 is 5.97 Å². The lowest BCUT2D eigenvalue weighted by atomic mass is 10.1. The van der Waals surface area contributed by atoms with Crippen molar-refractivity contribution in [2.75, 3.05) is 7.11 Å². The van der Waals surface area contributed by atoms with E-state index in [1.54, 1.807) is 30.3 Å². The largest absolute Gasteiger partial charge is 0.467 e. The fraction of sp³-hybridized carbons (Fsp3) is 0.250. The summed E-state index contributed by atoms with van der Waals surface area (Å²) in [4.78, 5) is 35.1. The minimum Gasteiger partial charge on any atom is -0.467 e. The van der Waals surface area contributed by atoms with Crippen LogP contribution in [0.25, 0.3) is 11.3 Å². The van der Waals surface area contributed by atoms with Crippen LogP contribution in [0, 0.1) is 0 Å². The average molecular weight is 350 g/mol. The first-order chi connectivity index (χ1) is 11.4. The van der Waals surface area contributed by atoms with E-state index in [0.29, 0.717) is 10.7 Å². The molecular formula is C16H16ClN3O4. The number of hydrogen-bond acceptors (Lipinski definition) is 5. The molecule has 0 saturated carbocycles. The van der Waals surface area contributed by atoms with Gasteiger partial charge < -0.3 is 10.1 Å². The number of methoxy groups -OCH3 is 1. The second kappa shape index (κ2) is 7.74. The molecule has 0 aliphatic carbocycles. The molecule has 2 aromatic rings. The molecule has 0 saturated heterocycles. The van der Waals surface area contributed by atoms with Gasteiger partial charge in [0.25, 0.3) is 5.56 Å². The zero-order chi connectivity index (χ0) is 17.7. The van der Waals surface area contributed by atoms with Gasteiger partial charge in [0.15, 0.2) is 0 Å². The molecule has 0 aliphatic rings. The second-order valence-corrected chi connectivity index (χ2v) is 5.47. The maximum Gasteiger partial charge on any atom is 0.328 e. The van der Waals surface area contributed by atoms with Gasteiger partial charge in [-0.3, -0.25) is 9.59 Å². The van der Waals surface area contributed by atoms with E-state index in [1.807, 2.05) is 0 Å². The summed E-state index contributed by atoms with van der Waals surface area (Å²) >= 11 is 5.84. The summed E-state index contributed by atoms with van der Waals surface area (Å²) in [6.45, 7) is 1.19. The van der Waals surface area contributed by atoms with E-state index < -0.39 is 23.5 Å². The SMILES string of the molecule is COC(=O)C(C)NC(=O)Cn1nc(-c2ccc(Cl)cc2)ccc1=O. The molecule has 2 rings (SSSR count). The summed E-state index contributed by atoms with van der Waals surface area (Å²) in [5, 5.41) is 7.20. The number of benzene rings is 1. The summed E-state index contributed by atoms with van der Waals surface area (Å²) in [5.41, 5.74) is 0.866. The lowest BCUT2D eigenvalue weighted by Gasteiger charge is -2.12. The Labute approximate surface area is 143 Å². The van der Waals surface area contributed by atoms with Gasteiger partial charge in [-0.2, -0.15) is 5.10 Å². The number of esters is 1. The normalized spacial score (nSPS) is 11.6. The Bertz CT molecular complexity index is 802. The van der Waals surface area contributed by atoms with Gasteiger partial charge in [0.05, 0.1) is 12.8 Å². The first-order valence-corrected chi connectivity index (χ1v) is 7.50. The smallest absolute Gasteiger partial charge is 0.328 e. The molecular weight excluding hydrogens is 334 g/mol. The molecule has 1 atom stereocenters. The van der Waals surface area contributed by atoms with Crippen molar-refractivity contribution >= 4 is 23.5 Å². The standard InChI is InChI=1S/C16H16ClN3O4/c1-10(16(23)24-2)18-14(21)9-20-15(22)8-7-13(19-20)11-3-5-12(17)6-4-11/h3-8,10H,9H2,1-2H3,(H,18,21). The van der Waals surface area contributed by atoms with E-state index in [9.17, 15) is 14.4 Å². The Hall–Kier alpha value is -2.67. The van der Waals surface area contributed by atoms with E-state index in [1.165, 1.54) is 20.1 Å². The predicted molar refractivity (Wildman–Crippen MR) is 88.6 cm³/mol. The van der Waals surface area contributed by atoms with Gasteiger partial charge in [0, 0.05) is 16.7 Å². The molecule has 1 unspecified atom stereocenters. The summed E-state index contributed by atoms with van der Waals surface area (Å²) in [6, 6.07) is 9.03. The molecule has 8 heteroatoms. The van der Waals surface area contributed by atoms with Gasteiger partial charge in [0.2, 0.25) is 5.91 Å². The number of hydrogen-bond donors (Lipinski definition) is 1. The van der Waals surface area contributed by atoms with Crippen molar-refractivity contribution in [2.24, 2.45) is 0 Å². The predicted octanol–water partition coefficient (Wildman–Crippen LogP) is 1.24. The molecule has 1 aromatic carbocycles. The molecule has 0 fully saturated rings. The third kappa shape index (κ3) is 4.42. The highest BCUT2D eigenvalue weighted by Gasteiger charge is 2.16. The number of ether oxygens (including phenoxy) is 1. The van der Waals surface area contributed by atoms with Crippen molar-refractivity contribution in [1.82, 2.24) is 15.1 Å². The molecule has 0 aliphatic heterocycles. The van der Waals surface area contributed by atoms with E-state index in [4.69, 9.17) is 11.6 Å². The van der Waals surface area contributed by atoms with Gasteiger partial charge in [-0.05, 0) is 25.1 Å². The van der Waals surface area contributed by atoms with Crippen LogP contribution in [0.2, 0.25) is 5.02 Å². The Kier molecular flexibility index (Phi) is 5.70. The number of nitrogens with zero attached hydrogens (tertiary/aromatic N) is 2. The van der Waals surface area contributed by atoms with Crippen LogP contribution < -0.4 is 10.9 Å². The van der Waals surface area contributed by atoms with E-state index in [-0.39, 0.29) is 6.54 Å². The zero-order valence-corrected chi connectivity index (χ0v) is 13.9. The minimum absolute atomic E-state index is 0.304. The summed E-state index contributed by atoms with van der Waals surface area (Å²) < 4.78 is 5.56. The zero-order valence-electron chi connectivity index (χ0n) is 13.2. The Morgan fingerprint density at radius 3 is 2.54 bits per heavy atom. The molecule has 0 radical (unpaired) electrons. The lowest BCUT2D eigenvalue weighted by Crippen LogP contribution is -2.42. The molecule has 1 heterocycles. The fourth-order valence-electron chi connectivity index (χ4n) is 2.00. The average Bonchev–Trinajstić information content (AvgIpc) is 2.56. The highest BCUT2D eigenvalue weighted by Crippen LogP contribution is 2.18. The van der Waals surface area contributed by atoms with Crippen molar-refractivity contribution in [3.05, 3.63) is 51.8 Å². The molecule has 1 amide bonds. The van der Waals surface area contributed by atoms with Crippen LogP contribution in [0.1, 0.15) is 6.92 Å². The first kappa shape index (κ1) is 17.7. The molecule has 24 heavy (non-hydrogen) atoms. The molecule has 1 N–H and O–H groups in total. The van der Waals surface area contributed by atoms with Crippen molar-refractivity contribution in [3.63, 3.8) is 0 Å². The second-order valence-electron chi connectivity index (χ2n) is 5.03. The number of aromatic nitrogens is 2. The maximum absolute atomic E-state index is 12.0. The maximum atomic E-state index is 12.0. The number of carbonyl (C=O) groups is 2. The van der Waals surface area contributed by atoms with Crippen LogP contribution in [-0.4, -0.2) is 34.8 Å². The number of amides is 1. The number of rotatable bonds is 5. The Balaban J connectivity index is 2.17. The van der Waals surface area contributed by atoms with Crippen molar-refractivity contribution in [2.45, 2.75) is 19.5 Å². The Morgan fingerprint density at radius 2 is 1.92 bits per heavy atom. The van der Waals surface area contributed by atoms with Gasteiger partial charge in [-0.25, -0.2) is 9.48 Å². The Morgan fingerprint density at radius 1 is 1.25 bits per heavy atom. The quantitative estimate of drug-likeness (QED) is 0.820. The van der Waals surface area contributed by atoms with Crippen LogP contribution in [0.5, 0.6) is 0 Å². The van der Waals surface area contributed by atoms with Gasteiger partial charge in [-0.1, -0.05) is 23.7 Å².